The van der Waals surface area contributed by atoms with E-state index in [0.29, 0.717) is 12.1 Å². The standard InChI is InChI=1S/C13H30N2/c1-7-14-9-8-13(6)15(12(4)5)10-11(2)3/h11-14H,7-10H2,1-6H3. The molecule has 0 radical (unpaired) electrons. The molecule has 0 aliphatic rings. The maximum absolute atomic E-state index is 3.40. The van der Waals surface area contributed by atoms with Crippen molar-refractivity contribution in [2.75, 3.05) is 19.6 Å². The fraction of sp³-hybridized carbons (Fsp3) is 1.00. The SMILES string of the molecule is CCNCCC(C)N(CC(C)C)C(C)C. The average molecular weight is 214 g/mol. The lowest BCUT2D eigenvalue weighted by Crippen LogP contribution is -2.42. The smallest absolute Gasteiger partial charge is 0.00818 e. The zero-order valence-electron chi connectivity index (χ0n) is 11.5. The Labute approximate surface area is 96.4 Å². The van der Waals surface area contributed by atoms with Gasteiger partial charge >= 0.3 is 0 Å². The highest BCUT2D eigenvalue weighted by molar-refractivity contribution is 4.72. The van der Waals surface area contributed by atoms with E-state index in [-0.39, 0.29) is 0 Å². The first kappa shape index (κ1) is 14.9. The number of hydrogen-bond donors (Lipinski definition) is 1. The lowest BCUT2D eigenvalue weighted by molar-refractivity contribution is 0.138. The van der Waals surface area contributed by atoms with Gasteiger partial charge in [0.1, 0.15) is 0 Å². The molecule has 0 rings (SSSR count). The third-order valence-electron chi connectivity index (χ3n) is 2.79. The molecule has 0 saturated carbocycles. The van der Waals surface area contributed by atoms with Crippen LogP contribution in [0.2, 0.25) is 0 Å². The van der Waals surface area contributed by atoms with Crippen LogP contribution in [0.25, 0.3) is 0 Å². The summed E-state index contributed by atoms with van der Waals surface area (Å²) >= 11 is 0. The molecule has 0 aliphatic heterocycles. The number of hydrogen-bond acceptors (Lipinski definition) is 2. The predicted molar refractivity (Wildman–Crippen MR) is 69.3 cm³/mol. The van der Waals surface area contributed by atoms with Crippen LogP contribution in [0.4, 0.5) is 0 Å². The van der Waals surface area contributed by atoms with E-state index in [2.05, 4.69) is 51.8 Å². The molecule has 0 aromatic rings. The van der Waals surface area contributed by atoms with Crippen LogP contribution in [-0.4, -0.2) is 36.6 Å². The summed E-state index contributed by atoms with van der Waals surface area (Å²) in [5, 5.41) is 3.40. The Balaban J connectivity index is 3.99. The molecule has 0 aromatic carbocycles. The van der Waals surface area contributed by atoms with Crippen LogP contribution < -0.4 is 5.32 Å². The fourth-order valence-corrected chi connectivity index (χ4v) is 1.97. The van der Waals surface area contributed by atoms with Gasteiger partial charge in [0.15, 0.2) is 0 Å². The summed E-state index contributed by atoms with van der Waals surface area (Å²) in [5.41, 5.74) is 0. The summed E-state index contributed by atoms with van der Waals surface area (Å²) in [6, 6.07) is 1.34. The van der Waals surface area contributed by atoms with Gasteiger partial charge in [-0.1, -0.05) is 20.8 Å². The number of nitrogens with zero attached hydrogens (tertiary/aromatic N) is 1. The van der Waals surface area contributed by atoms with E-state index in [1.165, 1.54) is 13.0 Å². The summed E-state index contributed by atoms with van der Waals surface area (Å²) < 4.78 is 0. The molecule has 2 heteroatoms. The third-order valence-corrected chi connectivity index (χ3v) is 2.79. The topological polar surface area (TPSA) is 15.3 Å². The first-order valence-electron chi connectivity index (χ1n) is 6.45. The minimum atomic E-state index is 0.657. The molecule has 1 atom stereocenters. The summed E-state index contributed by atoms with van der Waals surface area (Å²) in [6.45, 7) is 17.1. The van der Waals surface area contributed by atoms with Crippen molar-refractivity contribution in [2.45, 2.75) is 60.0 Å². The molecule has 1 unspecified atom stereocenters. The second-order valence-electron chi connectivity index (χ2n) is 5.18. The van der Waals surface area contributed by atoms with Crippen molar-refractivity contribution in [1.82, 2.24) is 10.2 Å². The Bertz CT molecular complexity index is 143. The Morgan fingerprint density at radius 2 is 1.67 bits per heavy atom. The second kappa shape index (κ2) is 8.12. The largest absolute Gasteiger partial charge is 0.317 e. The van der Waals surface area contributed by atoms with Gasteiger partial charge < -0.3 is 5.32 Å². The first-order chi connectivity index (χ1) is 6.99. The van der Waals surface area contributed by atoms with E-state index in [0.717, 1.165) is 19.0 Å². The van der Waals surface area contributed by atoms with Crippen LogP contribution >= 0.6 is 0 Å². The van der Waals surface area contributed by atoms with Gasteiger partial charge in [-0.3, -0.25) is 4.90 Å². The molecule has 0 spiro atoms. The zero-order valence-corrected chi connectivity index (χ0v) is 11.5. The molecular weight excluding hydrogens is 184 g/mol. The Hall–Kier alpha value is -0.0800. The van der Waals surface area contributed by atoms with Crippen LogP contribution in [-0.2, 0) is 0 Å². The molecule has 15 heavy (non-hydrogen) atoms. The lowest BCUT2D eigenvalue weighted by atomic mass is 10.1. The van der Waals surface area contributed by atoms with E-state index in [1.54, 1.807) is 0 Å². The van der Waals surface area contributed by atoms with Crippen molar-refractivity contribution in [2.24, 2.45) is 5.92 Å². The highest BCUT2D eigenvalue weighted by atomic mass is 15.2. The average Bonchev–Trinajstić information content (AvgIpc) is 2.13. The van der Waals surface area contributed by atoms with Crippen molar-refractivity contribution >= 4 is 0 Å². The van der Waals surface area contributed by atoms with Crippen LogP contribution in [0, 0.1) is 5.92 Å². The normalized spacial score (nSPS) is 14.2. The van der Waals surface area contributed by atoms with E-state index >= 15 is 0 Å². The van der Waals surface area contributed by atoms with E-state index in [9.17, 15) is 0 Å². The highest BCUT2D eigenvalue weighted by Crippen LogP contribution is 2.11. The zero-order chi connectivity index (χ0) is 11.8. The van der Waals surface area contributed by atoms with Crippen LogP contribution in [0.1, 0.15) is 48.0 Å². The highest BCUT2D eigenvalue weighted by Gasteiger charge is 2.17. The van der Waals surface area contributed by atoms with Gasteiger partial charge in [-0.05, 0) is 46.2 Å². The summed E-state index contributed by atoms with van der Waals surface area (Å²) in [7, 11) is 0. The second-order valence-corrected chi connectivity index (χ2v) is 5.18. The van der Waals surface area contributed by atoms with Crippen LogP contribution in [0.5, 0.6) is 0 Å². The van der Waals surface area contributed by atoms with Gasteiger partial charge in [0.25, 0.3) is 0 Å². The molecule has 0 fully saturated rings. The quantitative estimate of drug-likeness (QED) is 0.625. The van der Waals surface area contributed by atoms with Gasteiger partial charge in [0, 0.05) is 18.6 Å². The van der Waals surface area contributed by atoms with Crippen molar-refractivity contribution in [3.8, 4) is 0 Å². The summed E-state index contributed by atoms with van der Waals surface area (Å²) in [6.07, 6.45) is 1.25. The molecule has 2 nitrogen and oxygen atoms in total. The molecular formula is C13H30N2. The van der Waals surface area contributed by atoms with Gasteiger partial charge in [-0.15, -0.1) is 0 Å². The van der Waals surface area contributed by atoms with E-state index < -0.39 is 0 Å². The minimum Gasteiger partial charge on any atom is -0.317 e. The van der Waals surface area contributed by atoms with Crippen molar-refractivity contribution in [3.05, 3.63) is 0 Å². The van der Waals surface area contributed by atoms with Gasteiger partial charge in [0.05, 0.1) is 0 Å². The number of rotatable bonds is 8. The molecule has 0 aromatic heterocycles. The minimum absolute atomic E-state index is 0.657. The maximum Gasteiger partial charge on any atom is 0.00818 e. The molecule has 0 heterocycles. The first-order valence-corrected chi connectivity index (χ1v) is 6.45. The third kappa shape index (κ3) is 6.91. The van der Waals surface area contributed by atoms with E-state index in [1.807, 2.05) is 0 Å². The van der Waals surface area contributed by atoms with Crippen molar-refractivity contribution in [3.63, 3.8) is 0 Å². The summed E-state index contributed by atoms with van der Waals surface area (Å²) in [5.74, 6) is 0.758. The van der Waals surface area contributed by atoms with Crippen LogP contribution in [0.15, 0.2) is 0 Å². The van der Waals surface area contributed by atoms with E-state index in [4.69, 9.17) is 0 Å². The molecule has 0 saturated heterocycles. The predicted octanol–water partition coefficient (Wildman–Crippen LogP) is 2.74. The summed E-state index contributed by atoms with van der Waals surface area (Å²) in [4.78, 5) is 2.61. The van der Waals surface area contributed by atoms with Crippen LogP contribution in [0.3, 0.4) is 0 Å². The van der Waals surface area contributed by atoms with Gasteiger partial charge in [-0.25, -0.2) is 0 Å². The lowest BCUT2D eigenvalue weighted by Gasteiger charge is -2.34. The van der Waals surface area contributed by atoms with Gasteiger partial charge in [-0.2, -0.15) is 0 Å². The molecule has 0 bridgehead atoms. The Morgan fingerprint density at radius 1 is 1.07 bits per heavy atom. The molecule has 1 N–H and O–H groups in total. The fourth-order valence-electron chi connectivity index (χ4n) is 1.97. The maximum atomic E-state index is 3.40. The molecule has 92 valence electrons. The molecule has 0 amide bonds. The Morgan fingerprint density at radius 3 is 2.07 bits per heavy atom. The Kier molecular flexibility index (Phi) is 8.07. The van der Waals surface area contributed by atoms with Crippen molar-refractivity contribution < 1.29 is 0 Å². The van der Waals surface area contributed by atoms with Crippen molar-refractivity contribution in [1.29, 1.82) is 0 Å². The molecule has 0 aliphatic carbocycles. The number of nitrogens with one attached hydrogen (secondary N) is 1. The monoisotopic (exact) mass is 214 g/mol. The van der Waals surface area contributed by atoms with Gasteiger partial charge in [0.2, 0.25) is 0 Å².